The summed E-state index contributed by atoms with van der Waals surface area (Å²) in [7, 11) is 0. The van der Waals surface area contributed by atoms with Crippen molar-refractivity contribution in [3.63, 3.8) is 0 Å². The van der Waals surface area contributed by atoms with Crippen molar-refractivity contribution < 1.29 is 9.53 Å². The van der Waals surface area contributed by atoms with Crippen LogP contribution in [0.1, 0.15) is 24.2 Å². The van der Waals surface area contributed by atoms with Gasteiger partial charge in [-0.15, -0.1) is 11.8 Å². The molecule has 0 radical (unpaired) electrons. The van der Waals surface area contributed by atoms with Crippen molar-refractivity contribution in [1.29, 1.82) is 0 Å². The molecule has 0 amide bonds. The van der Waals surface area contributed by atoms with Gasteiger partial charge in [0.15, 0.2) is 0 Å². The fraction of sp³-hybridized carbons (Fsp3) is 0.350. The second-order valence-electron chi connectivity index (χ2n) is 6.11. The Labute approximate surface area is 162 Å². The van der Waals surface area contributed by atoms with Crippen LogP contribution in [-0.2, 0) is 4.74 Å². The minimum Gasteiger partial charge on any atom is -0.461 e. The Morgan fingerprint density at radius 2 is 2.00 bits per heavy atom. The molecule has 0 N–H and O–H groups in total. The molecular weight excluding hydrogens is 362 g/mol. The molecule has 0 aliphatic heterocycles. The van der Waals surface area contributed by atoms with E-state index in [2.05, 4.69) is 23.7 Å². The number of ether oxygens (including phenoxy) is 1. The molecule has 0 aliphatic carbocycles. The SMILES string of the molecule is CCN(CC)CCOC(=O)c1ccc2nc3ccc(SC)cc3c(=O)n2c1. The third-order valence-corrected chi connectivity index (χ3v) is 5.31. The van der Waals surface area contributed by atoms with E-state index < -0.39 is 5.97 Å². The van der Waals surface area contributed by atoms with E-state index in [0.29, 0.717) is 35.3 Å². The first kappa shape index (κ1) is 19.4. The smallest absolute Gasteiger partial charge is 0.339 e. The maximum absolute atomic E-state index is 12.9. The molecule has 2 heterocycles. The highest BCUT2D eigenvalue weighted by molar-refractivity contribution is 7.98. The van der Waals surface area contributed by atoms with Crippen LogP contribution in [0.2, 0.25) is 0 Å². The maximum atomic E-state index is 12.9. The van der Waals surface area contributed by atoms with Crippen molar-refractivity contribution in [3.05, 3.63) is 52.4 Å². The Balaban J connectivity index is 1.89. The summed E-state index contributed by atoms with van der Waals surface area (Å²) in [6, 6.07) is 8.93. The number of pyridine rings is 1. The highest BCUT2D eigenvalue weighted by Gasteiger charge is 2.12. The molecule has 0 saturated heterocycles. The van der Waals surface area contributed by atoms with Crippen LogP contribution >= 0.6 is 11.8 Å². The molecule has 3 rings (SSSR count). The first-order chi connectivity index (χ1) is 13.1. The summed E-state index contributed by atoms with van der Waals surface area (Å²) < 4.78 is 6.77. The average molecular weight is 385 g/mol. The number of likely N-dealkylation sites (N-methyl/N-ethyl adjacent to an activating group) is 1. The van der Waals surface area contributed by atoms with Crippen LogP contribution in [-0.4, -0.2) is 52.8 Å². The monoisotopic (exact) mass is 385 g/mol. The molecule has 0 fully saturated rings. The number of fused-ring (bicyclic) bond motifs is 2. The van der Waals surface area contributed by atoms with Crippen LogP contribution in [0.5, 0.6) is 0 Å². The molecule has 2 aromatic heterocycles. The number of thioether (sulfide) groups is 1. The van der Waals surface area contributed by atoms with E-state index in [1.165, 1.54) is 10.6 Å². The van der Waals surface area contributed by atoms with Gasteiger partial charge in [-0.2, -0.15) is 0 Å². The number of nitrogens with zero attached hydrogens (tertiary/aromatic N) is 3. The number of carbonyl (C=O) groups excluding carboxylic acids is 1. The molecule has 27 heavy (non-hydrogen) atoms. The molecular formula is C20H23N3O3S. The van der Waals surface area contributed by atoms with Gasteiger partial charge in [-0.25, -0.2) is 9.78 Å². The molecule has 0 bridgehead atoms. The largest absolute Gasteiger partial charge is 0.461 e. The Morgan fingerprint density at radius 1 is 1.22 bits per heavy atom. The first-order valence-electron chi connectivity index (χ1n) is 8.97. The van der Waals surface area contributed by atoms with Gasteiger partial charge in [-0.1, -0.05) is 13.8 Å². The van der Waals surface area contributed by atoms with Gasteiger partial charge in [0, 0.05) is 17.6 Å². The summed E-state index contributed by atoms with van der Waals surface area (Å²) in [4.78, 5) is 32.9. The predicted molar refractivity (Wildman–Crippen MR) is 109 cm³/mol. The molecule has 0 saturated carbocycles. The van der Waals surface area contributed by atoms with Crippen molar-refractivity contribution in [2.75, 3.05) is 32.5 Å². The molecule has 1 aromatic carbocycles. The Morgan fingerprint density at radius 3 is 2.70 bits per heavy atom. The molecule has 0 spiro atoms. The lowest BCUT2D eigenvalue weighted by Crippen LogP contribution is -2.28. The standard InChI is InChI=1S/C20H23N3O3S/c1-4-22(5-2)10-11-26-20(25)14-6-9-18-21-17-8-7-15(27-3)12-16(17)19(24)23(18)13-14/h6-9,12-13H,4-5,10-11H2,1-3H3. The number of rotatable bonds is 7. The van der Waals surface area contributed by atoms with Gasteiger partial charge in [-0.05, 0) is 49.7 Å². The number of hydrogen-bond acceptors (Lipinski definition) is 6. The van der Waals surface area contributed by atoms with Crippen molar-refractivity contribution in [2.45, 2.75) is 18.7 Å². The maximum Gasteiger partial charge on any atom is 0.339 e. The van der Waals surface area contributed by atoms with Gasteiger partial charge in [0.05, 0.1) is 16.5 Å². The van der Waals surface area contributed by atoms with E-state index in [1.807, 2.05) is 24.5 Å². The number of benzene rings is 1. The summed E-state index contributed by atoms with van der Waals surface area (Å²) in [5, 5.41) is 0.534. The lowest BCUT2D eigenvalue weighted by molar-refractivity contribution is 0.0466. The summed E-state index contributed by atoms with van der Waals surface area (Å²) >= 11 is 1.57. The van der Waals surface area contributed by atoms with Crippen LogP contribution in [0.25, 0.3) is 16.6 Å². The Kier molecular flexibility index (Phi) is 6.13. The zero-order chi connectivity index (χ0) is 19.4. The van der Waals surface area contributed by atoms with E-state index in [0.717, 1.165) is 18.0 Å². The van der Waals surface area contributed by atoms with E-state index in [1.54, 1.807) is 23.9 Å². The number of aromatic nitrogens is 2. The summed E-state index contributed by atoms with van der Waals surface area (Å²) in [5.41, 5.74) is 1.30. The molecule has 0 atom stereocenters. The normalized spacial score (nSPS) is 11.4. The predicted octanol–water partition coefficient (Wildman–Crippen LogP) is 3.07. The second kappa shape index (κ2) is 8.54. The quantitative estimate of drug-likeness (QED) is 0.354. The van der Waals surface area contributed by atoms with Crippen LogP contribution < -0.4 is 5.56 Å². The molecule has 0 aliphatic rings. The van der Waals surface area contributed by atoms with E-state index in [9.17, 15) is 9.59 Å². The van der Waals surface area contributed by atoms with Gasteiger partial charge in [0.25, 0.3) is 5.56 Å². The lowest BCUT2D eigenvalue weighted by Gasteiger charge is -2.17. The fourth-order valence-electron chi connectivity index (χ4n) is 2.92. The van der Waals surface area contributed by atoms with E-state index in [4.69, 9.17) is 4.74 Å². The van der Waals surface area contributed by atoms with Gasteiger partial charge < -0.3 is 9.64 Å². The van der Waals surface area contributed by atoms with Crippen molar-refractivity contribution >= 4 is 34.3 Å². The average Bonchev–Trinajstić information content (AvgIpc) is 2.71. The van der Waals surface area contributed by atoms with Crippen LogP contribution in [0.4, 0.5) is 0 Å². The van der Waals surface area contributed by atoms with Crippen molar-refractivity contribution in [1.82, 2.24) is 14.3 Å². The molecule has 142 valence electrons. The number of carbonyl (C=O) groups is 1. The van der Waals surface area contributed by atoms with Gasteiger partial charge in [0.2, 0.25) is 0 Å². The minimum absolute atomic E-state index is 0.191. The van der Waals surface area contributed by atoms with Gasteiger partial charge in [0.1, 0.15) is 12.3 Å². The zero-order valence-corrected chi connectivity index (χ0v) is 16.6. The van der Waals surface area contributed by atoms with Gasteiger partial charge in [-0.3, -0.25) is 9.20 Å². The molecule has 3 aromatic rings. The minimum atomic E-state index is -0.436. The third-order valence-electron chi connectivity index (χ3n) is 4.59. The molecule has 6 nitrogen and oxygen atoms in total. The topological polar surface area (TPSA) is 63.9 Å². The van der Waals surface area contributed by atoms with E-state index in [-0.39, 0.29) is 5.56 Å². The van der Waals surface area contributed by atoms with Crippen LogP contribution in [0.3, 0.4) is 0 Å². The fourth-order valence-corrected chi connectivity index (χ4v) is 3.36. The Bertz CT molecular complexity index is 1030. The third kappa shape index (κ3) is 4.14. The summed E-state index contributed by atoms with van der Waals surface area (Å²) in [6.07, 6.45) is 3.47. The molecule has 7 heteroatoms. The zero-order valence-electron chi connectivity index (χ0n) is 15.8. The Hall–Kier alpha value is -2.38. The summed E-state index contributed by atoms with van der Waals surface area (Å²) in [6.45, 7) is 6.98. The molecule has 0 unspecified atom stereocenters. The highest BCUT2D eigenvalue weighted by atomic mass is 32.2. The highest BCUT2D eigenvalue weighted by Crippen LogP contribution is 2.19. The van der Waals surface area contributed by atoms with Gasteiger partial charge >= 0.3 is 5.97 Å². The van der Waals surface area contributed by atoms with Crippen LogP contribution in [0, 0.1) is 0 Å². The summed E-state index contributed by atoms with van der Waals surface area (Å²) in [5.74, 6) is -0.436. The van der Waals surface area contributed by atoms with Crippen molar-refractivity contribution in [2.24, 2.45) is 0 Å². The van der Waals surface area contributed by atoms with E-state index >= 15 is 0 Å². The number of esters is 1. The second-order valence-corrected chi connectivity index (χ2v) is 6.99. The van der Waals surface area contributed by atoms with Crippen LogP contribution in [0.15, 0.2) is 46.2 Å². The lowest BCUT2D eigenvalue weighted by atomic mass is 10.2. The van der Waals surface area contributed by atoms with Crippen molar-refractivity contribution in [3.8, 4) is 0 Å². The number of hydrogen-bond donors (Lipinski definition) is 0. The first-order valence-corrected chi connectivity index (χ1v) is 10.2.